The Labute approximate surface area is 199 Å². The molecule has 5 heteroatoms. The second kappa shape index (κ2) is 10.4. The number of aromatic hydroxyl groups is 1. The predicted octanol–water partition coefficient (Wildman–Crippen LogP) is 6.29. The van der Waals surface area contributed by atoms with E-state index in [0.717, 1.165) is 60.4 Å². The first kappa shape index (κ1) is 23.3. The Morgan fingerprint density at radius 2 is 1.65 bits per heavy atom. The molecular formula is C29H29NO4. The van der Waals surface area contributed by atoms with Crippen molar-refractivity contribution < 1.29 is 19.8 Å². The molecule has 4 rings (SSSR count). The summed E-state index contributed by atoms with van der Waals surface area (Å²) in [6.07, 6.45) is 8.09. The average Bonchev–Trinajstić information content (AvgIpc) is 2.84. The zero-order chi connectivity index (χ0) is 24.0. The number of para-hydroxylation sites is 1. The minimum Gasteiger partial charge on any atom is -0.507 e. The quantitative estimate of drug-likeness (QED) is 0.366. The van der Waals surface area contributed by atoms with Gasteiger partial charge in [0.05, 0.1) is 5.41 Å². The number of anilines is 1. The van der Waals surface area contributed by atoms with E-state index in [1.54, 1.807) is 24.3 Å². The highest BCUT2D eigenvalue weighted by Gasteiger charge is 2.39. The summed E-state index contributed by atoms with van der Waals surface area (Å²) < 4.78 is 0. The van der Waals surface area contributed by atoms with E-state index in [1.165, 1.54) is 6.08 Å². The SMILES string of the molecule is O=C(O)/C=C/c1cccc(NC(=O)C2(Cc3ccc(-c4ccccc4O)cc3)CCCCC2)c1. The van der Waals surface area contributed by atoms with Crippen LogP contribution in [-0.2, 0) is 16.0 Å². The van der Waals surface area contributed by atoms with E-state index in [4.69, 9.17) is 5.11 Å². The molecule has 3 aromatic rings. The van der Waals surface area contributed by atoms with E-state index >= 15 is 0 Å². The Morgan fingerprint density at radius 1 is 0.912 bits per heavy atom. The first-order chi connectivity index (χ1) is 16.4. The van der Waals surface area contributed by atoms with E-state index in [1.807, 2.05) is 48.5 Å². The molecule has 34 heavy (non-hydrogen) atoms. The van der Waals surface area contributed by atoms with Gasteiger partial charge in [-0.2, -0.15) is 0 Å². The number of hydrogen-bond donors (Lipinski definition) is 3. The highest BCUT2D eigenvalue weighted by atomic mass is 16.4. The summed E-state index contributed by atoms with van der Waals surface area (Å²) in [6.45, 7) is 0. The number of carboxylic acids is 1. The van der Waals surface area contributed by atoms with E-state index in [0.29, 0.717) is 12.1 Å². The number of hydrogen-bond acceptors (Lipinski definition) is 3. The molecule has 0 spiro atoms. The summed E-state index contributed by atoms with van der Waals surface area (Å²) >= 11 is 0. The highest BCUT2D eigenvalue weighted by molar-refractivity contribution is 5.96. The number of amides is 1. The van der Waals surface area contributed by atoms with E-state index in [2.05, 4.69) is 5.32 Å². The third kappa shape index (κ3) is 5.54. The number of rotatable bonds is 7. The molecule has 0 aromatic heterocycles. The van der Waals surface area contributed by atoms with Crippen molar-refractivity contribution in [3.05, 3.63) is 90.0 Å². The van der Waals surface area contributed by atoms with E-state index in [9.17, 15) is 14.7 Å². The van der Waals surface area contributed by atoms with Gasteiger partial charge in [0.15, 0.2) is 0 Å². The normalized spacial score (nSPS) is 15.2. The molecule has 1 aliphatic carbocycles. The van der Waals surface area contributed by atoms with Gasteiger partial charge in [-0.15, -0.1) is 0 Å². The van der Waals surface area contributed by atoms with Crippen molar-refractivity contribution in [2.24, 2.45) is 5.41 Å². The molecule has 0 saturated heterocycles. The number of aliphatic carboxylic acids is 1. The Morgan fingerprint density at radius 3 is 2.35 bits per heavy atom. The fourth-order valence-electron chi connectivity index (χ4n) is 4.77. The van der Waals surface area contributed by atoms with Gasteiger partial charge in [0.2, 0.25) is 5.91 Å². The lowest BCUT2D eigenvalue weighted by molar-refractivity contribution is -0.131. The van der Waals surface area contributed by atoms with Crippen LogP contribution in [0.25, 0.3) is 17.2 Å². The first-order valence-corrected chi connectivity index (χ1v) is 11.7. The molecule has 3 aromatic carbocycles. The summed E-state index contributed by atoms with van der Waals surface area (Å²) in [6, 6.07) is 22.6. The minimum absolute atomic E-state index is 0.0105. The number of phenols is 1. The van der Waals surface area contributed by atoms with Crippen molar-refractivity contribution in [1.29, 1.82) is 0 Å². The topological polar surface area (TPSA) is 86.6 Å². The molecule has 174 valence electrons. The maximum Gasteiger partial charge on any atom is 0.328 e. The molecule has 0 atom stereocenters. The van der Waals surface area contributed by atoms with Crippen LogP contribution < -0.4 is 5.32 Å². The van der Waals surface area contributed by atoms with Gasteiger partial charge in [0.25, 0.3) is 0 Å². The van der Waals surface area contributed by atoms with E-state index in [-0.39, 0.29) is 11.7 Å². The van der Waals surface area contributed by atoms with Crippen LogP contribution in [0.2, 0.25) is 0 Å². The number of carbonyl (C=O) groups is 2. The zero-order valence-corrected chi connectivity index (χ0v) is 19.0. The number of carbonyl (C=O) groups excluding carboxylic acids is 1. The molecule has 0 bridgehead atoms. The van der Waals surface area contributed by atoms with Crippen LogP contribution in [0.5, 0.6) is 5.75 Å². The monoisotopic (exact) mass is 455 g/mol. The van der Waals surface area contributed by atoms with Crippen molar-refractivity contribution in [1.82, 2.24) is 0 Å². The third-order valence-corrected chi connectivity index (χ3v) is 6.57. The Hall–Kier alpha value is -3.86. The molecule has 0 unspecified atom stereocenters. The lowest BCUT2D eigenvalue weighted by Crippen LogP contribution is -2.40. The minimum atomic E-state index is -1.01. The fraction of sp³-hybridized carbons (Fsp3) is 0.241. The zero-order valence-electron chi connectivity index (χ0n) is 19.0. The van der Waals surface area contributed by atoms with Crippen LogP contribution in [0.1, 0.15) is 43.2 Å². The number of phenolic OH excluding ortho intramolecular Hbond substituents is 1. The van der Waals surface area contributed by atoms with E-state index < -0.39 is 11.4 Å². The molecule has 1 amide bonds. The van der Waals surface area contributed by atoms with Crippen LogP contribution in [0.3, 0.4) is 0 Å². The van der Waals surface area contributed by atoms with Gasteiger partial charge in [0, 0.05) is 17.3 Å². The Bertz CT molecular complexity index is 1190. The lowest BCUT2D eigenvalue weighted by Gasteiger charge is -2.36. The summed E-state index contributed by atoms with van der Waals surface area (Å²) in [4.78, 5) is 24.4. The van der Waals surface area contributed by atoms with Gasteiger partial charge in [-0.25, -0.2) is 4.79 Å². The van der Waals surface area contributed by atoms with Crippen LogP contribution in [-0.4, -0.2) is 22.1 Å². The van der Waals surface area contributed by atoms with Crippen molar-refractivity contribution >= 4 is 23.6 Å². The molecule has 5 nitrogen and oxygen atoms in total. The Kier molecular flexibility index (Phi) is 7.12. The Balaban J connectivity index is 1.53. The number of nitrogens with one attached hydrogen (secondary N) is 1. The van der Waals surface area contributed by atoms with Crippen molar-refractivity contribution in [2.75, 3.05) is 5.32 Å². The molecule has 0 aliphatic heterocycles. The van der Waals surface area contributed by atoms with Crippen LogP contribution in [0.4, 0.5) is 5.69 Å². The summed E-state index contributed by atoms with van der Waals surface area (Å²) in [5, 5.41) is 22.1. The second-order valence-corrected chi connectivity index (χ2v) is 8.98. The largest absolute Gasteiger partial charge is 0.507 e. The van der Waals surface area contributed by atoms with Crippen LogP contribution in [0.15, 0.2) is 78.9 Å². The first-order valence-electron chi connectivity index (χ1n) is 11.7. The predicted molar refractivity (Wildman–Crippen MR) is 135 cm³/mol. The number of carboxylic acid groups (broad SMARTS) is 1. The third-order valence-electron chi connectivity index (χ3n) is 6.57. The van der Waals surface area contributed by atoms with Crippen molar-refractivity contribution in [2.45, 2.75) is 38.5 Å². The maximum atomic E-state index is 13.5. The standard InChI is InChI=1S/C29H29NO4/c31-26-10-3-2-9-25(26)23-14-11-22(12-15-23)20-29(17-4-1-5-18-29)28(34)30-24-8-6-7-21(19-24)13-16-27(32)33/h2-3,6-16,19,31H,1,4-5,17-18,20H2,(H,30,34)(H,32,33)/b16-13+. The van der Waals surface area contributed by atoms with Gasteiger partial charge in [-0.05, 0) is 60.2 Å². The van der Waals surface area contributed by atoms with Gasteiger partial charge in [-0.3, -0.25) is 4.79 Å². The fourth-order valence-corrected chi connectivity index (χ4v) is 4.77. The van der Waals surface area contributed by atoms with Crippen molar-refractivity contribution in [3.63, 3.8) is 0 Å². The van der Waals surface area contributed by atoms with Gasteiger partial charge >= 0.3 is 5.97 Å². The molecule has 1 aliphatic rings. The molecular weight excluding hydrogens is 426 g/mol. The molecule has 1 fully saturated rings. The van der Waals surface area contributed by atoms with Crippen LogP contribution in [0, 0.1) is 5.41 Å². The average molecular weight is 456 g/mol. The van der Waals surface area contributed by atoms with Gasteiger partial charge in [-0.1, -0.05) is 73.9 Å². The maximum absolute atomic E-state index is 13.5. The van der Waals surface area contributed by atoms with Crippen LogP contribution >= 0.6 is 0 Å². The summed E-state index contributed by atoms with van der Waals surface area (Å²) in [5.41, 5.74) is 3.72. The highest BCUT2D eigenvalue weighted by Crippen LogP contribution is 2.41. The smallest absolute Gasteiger partial charge is 0.328 e. The molecule has 1 saturated carbocycles. The molecule has 0 heterocycles. The second-order valence-electron chi connectivity index (χ2n) is 8.98. The van der Waals surface area contributed by atoms with Gasteiger partial charge < -0.3 is 15.5 Å². The summed E-state index contributed by atoms with van der Waals surface area (Å²) in [7, 11) is 0. The summed E-state index contributed by atoms with van der Waals surface area (Å²) in [5.74, 6) is -0.751. The molecule has 3 N–H and O–H groups in total. The van der Waals surface area contributed by atoms with Gasteiger partial charge in [0.1, 0.15) is 5.75 Å². The molecule has 0 radical (unpaired) electrons. The lowest BCUT2D eigenvalue weighted by atomic mass is 9.69. The number of benzene rings is 3. The van der Waals surface area contributed by atoms with Crippen molar-refractivity contribution in [3.8, 4) is 16.9 Å².